The molecule has 3 aromatic rings. The molecule has 3 heterocycles. The summed E-state index contributed by atoms with van der Waals surface area (Å²) >= 11 is 0. The van der Waals surface area contributed by atoms with E-state index in [1.165, 1.54) is 12.1 Å². The molecule has 1 fully saturated rings. The zero-order valence-corrected chi connectivity index (χ0v) is 11.9. The molecule has 1 aliphatic heterocycles. The molecule has 0 aliphatic carbocycles. The van der Waals surface area contributed by atoms with Crippen LogP contribution in [0.2, 0.25) is 0 Å². The molecule has 2 aromatic heterocycles. The summed E-state index contributed by atoms with van der Waals surface area (Å²) < 4.78 is 33.2. The first-order valence-corrected chi connectivity index (χ1v) is 7.42. The first-order valence-electron chi connectivity index (χ1n) is 7.42. The Kier molecular flexibility index (Phi) is 3.22. The third-order valence-corrected chi connectivity index (χ3v) is 4.38. The van der Waals surface area contributed by atoms with Gasteiger partial charge in [-0.05, 0) is 42.8 Å². The number of fused-ring (bicyclic) bond motifs is 1. The van der Waals surface area contributed by atoms with Crippen molar-refractivity contribution in [2.45, 2.75) is 18.5 Å². The van der Waals surface area contributed by atoms with E-state index >= 15 is 0 Å². The summed E-state index contributed by atoms with van der Waals surface area (Å²) in [6.07, 6.45) is 2.78. The number of rotatable bonds is 2. The van der Waals surface area contributed by atoms with E-state index in [-0.39, 0.29) is 11.7 Å². The van der Waals surface area contributed by atoms with Gasteiger partial charge in [-0.15, -0.1) is 0 Å². The zero-order valence-electron chi connectivity index (χ0n) is 11.9. The maximum atomic E-state index is 14.5. The number of halogens is 2. The number of alkyl halides is 1. The molecular formula is C17H16F2N2O. The van der Waals surface area contributed by atoms with Crippen LogP contribution in [0.25, 0.3) is 22.2 Å². The fraction of sp³-hybridized carbons (Fsp3) is 0.294. The molecule has 2 N–H and O–H groups in total. The number of hydrogen-bond acceptors (Lipinski definition) is 2. The van der Waals surface area contributed by atoms with Crippen molar-refractivity contribution >= 4 is 10.9 Å². The van der Waals surface area contributed by atoms with Crippen LogP contribution in [-0.4, -0.2) is 24.2 Å². The highest BCUT2D eigenvalue weighted by Gasteiger charge is 2.31. The van der Waals surface area contributed by atoms with Gasteiger partial charge in [-0.25, -0.2) is 8.78 Å². The van der Waals surface area contributed by atoms with Crippen molar-refractivity contribution in [2.24, 2.45) is 0 Å². The van der Waals surface area contributed by atoms with E-state index in [0.29, 0.717) is 25.0 Å². The Labute approximate surface area is 126 Å². The molecule has 0 spiro atoms. The molecule has 1 aromatic carbocycles. The molecule has 0 amide bonds. The van der Waals surface area contributed by atoms with Gasteiger partial charge in [0, 0.05) is 28.9 Å². The third-order valence-electron chi connectivity index (χ3n) is 4.38. The van der Waals surface area contributed by atoms with Gasteiger partial charge >= 0.3 is 0 Å². The van der Waals surface area contributed by atoms with Crippen molar-refractivity contribution in [3.05, 3.63) is 48.2 Å². The topological polar surface area (TPSA) is 41.0 Å². The standard InChI is InChI=1S/C17H16F2N2O/c18-11-1-2-12-15(7-11)21-17(10-4-6-22-9-10)16(12)13-8-20-5-3-14(13)19/h1-2,4,6-7,9,13-14,20-21H,3,5,8H2/t13-,14-/m1/s1. The van der Waals surface area contributed by atoms with Gasteiger partial charge in [-0.2, -0.15) is 0 Å². The Hall–Kier alpha value is -2.14. The second-order valence-corrected chi connectivity index (χ2v) is 5.73. The highest BCUT2D eigenvalue weighted by Crippen LogP contribution is 2.39. The van der Waals surface area contributed by atoms with Gasteiger partial charge < -0.3 is 14.7 Å². The summed E-state index contributed by atoms with van der Waals surface area (Å²) in [7, 11) is 0. The molecule has 4 rings (SSSR count). The van der Waals surface area contributed by atoms with Gasteiger partial charge in [0.2, 0.25) is 0 Å². The zero-order chi connectivity index (χ0) is 15.1. The van der Waals surface area contributed by atoms with E-state index in [1.54, 1.807) is 18.6 Å². The smallest absolute Gasteiger partial charge is 0.125 e. The summed E-state index contributed by atoms with van der Waals surface area (Å²) in [6, 6.07) is 6.42. The van der Waals surface area contributed by atoms with Gasteiger partial charge in [-0.3, -0.25) is 0 Å². The second-order valence-electron chi connectivity index (χ2n) is 5.73. The van der Waals surface area contributed by atoms with E-state index < -0.39 is 6.17 Å². The summed E-state index contributed by atoms with van der Waals surface area (Å²) in [6.45, 7) is 1.27. The van der Waals surface area contributed by atoms with Crippen LogP contribution in [-0.2, 0) is 0 Å². The highest BCUT2D eigenvalue weighted by molar-refractivity contribution is 5.91. The summed E-state index contributed by atoms with van der Waals surface area (Å²) in [4.78, 5) is 3.23. The van der Waals surface area contributed by atoms with E-state index in [9.17, 15) is 8.78 Å². The van der Waals surface area contributed by atoms with E-state index in [1.807, 2.05) is 6.07 Å². The maximum absolute atomic E-state index is 14.5. The van der Waals surface area contributed by atoms with E-state index in [2.05, 4.69) is 10.3 Å². The molecule has 22 heavy (non-hydrogen) atoms. The second kappa shape index (κ2) is 5.25. The first-order chi connectivity index (χ1) is 10.7. The minimum atomic E-state index is -0.907. The number of H-pyrrole nitrogens is 1. The Morgan fingerprint density at radius 2 is 2.14 bits per heavy atom. The third kappa shape index (κ3) is 2.13. The van der Waals surface area contributed by atoms with Crippen molar-refractivity contribution in [3.8, 4) is 11.3 Å². The van der Waals surface area contributed by atoms with Crippen molar-refractivity contribution < 1.29 is 13.2 Å². The molecule has 0 unspecified atom stereocenters. The number of piperidine rings is 1. The van der Waals surface area contributed by atoms with Crippen LogP contribution in [0.3, 0.4) is 0 Å². The molecule has 0 saturated carbocycles. The Morgan fingerprint density at radius 3 is 2.91 bits per heavy atom. The predicted molar refractivity (Wildman–Crippen MR) is 81.1 cm³/mol. The lowest BCUT2D eigenvalue weighted by Crippen LogP contribution is -2.36. The molecule has 1 aliphatic rings. The number of aromatic amines is 1. The van der Waals surface area contributed by atoms with Crippen LogP contribution in [0, 0.1) is 5.82 Å². The average Bonchev–Trinajstić information content (AvgIpc) is 3.14. The maximum Gasteiger partial charge on any atom is 0.125 e. The molecule has 0 radical (unpaired) electrons. The first kappa shape index (κ1) is 13.5. The van der Waals surface area contributed by atoms with Crippen molar-refractivity contribution in [3.63, 3.8) is 0 Å². The van der Waals surface area contributed by atoms with Crippen molar-refractivity contribution in [2.75, 3.05) is 13.1 Å². The molecule has 3 nitrogen and oxygen atoms in total. The molecule has 2 atom stereocenters. The van der Waals surface area contributed by atoms with Crippen LogP contribution < -0.4 is 5.32 Å². The quantitative estimate of drug-likeness (QED) is 0.751. The fourth-order valence-electron chi connectivity index (χ4n) is 3.32. The van der Waals surface area contributed by atoms with E-state index in [0.717, 1.165) is 22.2 Å². The van der Waals surface area contributed by atoms with Crippen molar-refractivity contribution in [1.82, 2.24) is 10.3 Å². The summed E-state index contributed by atoms with van der Waals surface area (Å²) in [5, 5.41) is 4.12. The summed E-state index contributed by atoms with van der Waals surface area (Å²) in [5.41, 5.74) is 3.25. The Bertz CT molecular complexity index is 794. The van der Waals surface area contributed by atoms with Crippen molar-refractivity contribution in [1.29, 1.82) is 0 Å². The highest BCUT2D eigenvalue weighted by atomic mass is 19.1. The Balaban J connectivity index is 1.95. The van der Waals surface area contributed by atoms with Crippen LogP contribution in [0.4, 0.5) is 8.78 Å². The normalized spacial score (nSPS) is 22.3. The number of hydrogen-bond donors (Lipinski definition) is 2. The van der Waals surface area contributed by atoms with Gasteiger partial charge in [-0.1, -0.05) is 0 Å². The van der Waals surface area contributed by atoms with E-state index in [4.69, 9.17) is 4.42 Å². The lowest BCUT2D eigenvalue weighted by Gasteiger charge is -2.27. The molecule has 5 heteroatoms. The fourth-order valence-corrected chi connectivity index (χ4v) is 3.32. The van der Waals surface area contributed by atoms with Gasteiger partial charge in [0.05, 0.1) is 18.2 Å². The molecule has 0 bridgehead atoms. The monoisotopic (exact) mass is 302 g/mol. The largest absolute Gasteiger partial charge is 0.472 e. The van der Waals surface area contributed by atoms with Crippen LogP contribution >= 0.6 is 0 Å². The summed E-state index contributed by atoms with van der Waals surface area (Å²) in [5.74, 6) is -0.560. The Morgan fingerprint density at radius 1 is 1.23 bits per heavy atom. The number of aromatic nitrogens is 1. The van der Waals surface area contributed by atoms with Crippen LogP contribution in [0.5, 0.6) is 0 Å². The predicted octanol–water partition coefficient (Wildman–Crippen LogP) is 3.98. The number of nitrogens with one attached hydrogen (secondary N) is 2. The SMILES string of the molecule is Fc1ccc2c([C@@H]3CNCC[C@H]3F)c(-c3ccoc3)[nH]c2c1. The number of benzene rings is 1. The van der Waals surface area contributed by atoms with Gasteiger partial charge in [0.1, 0.15) is 12.0 Å². The minimum Gasteiger partial charge on any atom is -0.472 e. The minimum absolute atomic E-state index is 0.252. The average molecular weight is 302 g/mol. The van der Waals surface area contributed by atoms with Crippen LogP contribution in [0.15, 0.2) is 41.2 Å². The van der Waals surface area contributed by atoms with Crippen LogP contribution in [0.1, 0.15) is 17.9 Å². The molecule has 114 valence electrons. The lowest BCUT2D eigenvalue weighted by molar-refractivity contribution is 0.229. The lowest BCUT2D eigenvalue weighted by atomic mass is 9.87. The van der Waals surface area contributed by atoms with Gasteiger partial charge in [0.15, 0.2) is 0 Å². The van der Waals surface area contributed by atoms with Gasteiger partial charge in [0.25, 0.3) is 0 Å². The molecular weight excluding hydrogens is 286 g/mol. The number of furan rings is 1. The molecule has 1 saturated heterocycles.